The van der Waals surface area contributed by atoms with Crippen molar-refractivity contribution in [2.45, 2.75) is 38.9 Å². The highest BCUT2D eigenvalue weighted by molar-refractivity contribution is 6.62. The molecule has 0 radical (unpaired) electrons. The standard InChI is InChI=1S/C24H29BN2O5/c1-23(2)24(3,4)32-25(31-23)15-11-12-17(21(13-15)30-7)26-22(28)19-14-16-18(27(19)5)9-8-10-20(16)29-6/h8-14H,1-7H3,(H,26,28). The Morgan fingerprint density at radius 2 is 1.62 bits per heavy atom. The molecule has 1 aromatic heterocycles. The number of methoxy groups -OCH3 is 2. The van der Waals surface area contributed by atoms with Crippen LogP contribution in [0.25, 0.3) is 10.9 Å². The molecule has 1 aliphatic rings. The minimum Gasteiger partial charge on any atom is -0.496 e. The summed E-state index contributed by atoms with van der Waals surface area (Å²) in [4.78, 5) is 13.1. The van der Waals surface area contributed by atoms with Crippen LogP contribution in [0.2, 0.25) is 0 Å². The molecule has 32 heavy (non-hydrogen) atoms. The monoisotopic (exact) mass is 436 g/mol. The second-order valence-electron chi connectivity index (χ2n) is 8.98. The predicted molar refractivity (Wildman–Crippen MR) is 126 cm³/mol. The first kappa shape index (κ1) is 22.2. The highest BCUT2D eigenvalue weighted by Gasteiger charge is 2.51. The summed E-state index contributed by atoms with van der Waals surface area (Å²) < 4.78 is 25.1. The maximum Gasteiger partial charge on any atom is 0.494 e. The predicted octanol–water partition coefficient (Wildman–Crippen LogP) is 3.75. The van der Waals surface area contributed by atoms with Crippen LogP contribution in [0.3, 0.4) is 0 Å². The van der Waals surface area contributed by atoms with Crippen molar-refractivity contribution in [3.63, 3.8) is 0 Å². The van der Waals surface area contributed by atoms with Crippen LogP contribution >= 0.6 is 0 Å². The number of nitrogens with zero attached hydrogens (tertiary/aromatic N) is 1. The Kier molecular flexibility index (Phi) is 5.47. The molecule has 0 unspecified atom stereocenters. The zero-order chi connectivity index (χ0) is 23.3. The van der Waals surface area contributed by atoms with E-state index in [0.717, 1.165) is 22.1 Å². The molecule has 0 aliphatic carbocycles. The number of nitrogens with one attached hydrogen (secondary N) is 1. The van der Waals surface area contributed by atoms with Crippen molar-refractivity contribution in [3.05, 3.63) is 48.2 Å². The molecule has 3 aromatic rings. The smallest absolute Gasteiger partial charge is 0.494 e. The number of rotatable bonds is 5. The van der Waals surface area contributed by atoms with Gasteiger partial charge in [-0.2, -0.15) is 0 Å². The molecule has 2 aromatic carbocycles. The Hall–Kier alpha value is -2.97. The summed E-state index contributed by atoms with van der Waals surface area (Å²) in [6.45, 7) is 8.05. The van der Waals surface area contributed by atoms with Crippen molar-refractivity contribution < 1.29 is 23.6 Å². The minimum atomic E-state index is -0.510. The highest BCUT2D eigenvalue weighted by Crippen LogP contribution is 2.37. The Morgan fingerprint density at radius 1 is 0.969 bits per heavy atom. The van der Waals surface area contributed by atoms with Gasteiger partial charge in [-0.15, -0.1) is 0 Å². The number of carbonyl (C=O) groups excluding carboxylic acids is 1. The van der Waals surface area contributed by atoms with E-state index >= 15 is 0 Å². The minimum absolute atomic E-state index is 0.243. The third kappa shape index (κ3) is 3.63. The molecule has 168 valence electrons. The van der Waals surface area contributed by atoms with Gasteiger partial charge in [0.25, 0.3) is 5.91 Å². The average molecular weight is 436 g/mol. The van der Waals surface area contributed by atoms with E-state index in [1.54, 1.807) is 20.3 Å². The molecule has 1 fully saturated rings. The quantitative estimate of drug-likeness (QED) is 0.617. The van der Waals surface area contributed by atoms with Crippen molar-refractivity contribution in [1.29, 1.82) is 0 Å². The summed E-state index contributed by atoms with van der Waals surface area (Å²) >= 11 is 0. The van der Waals surface area contributed by atoms with Gasteiger partial charge < -0.3 is 28.7 Å². The van der Waals surface area contributed by atoms with E-state index in [2.05, 4.69) is 5.32 Å². The Labute approximate surface area is 188 Å². The van der Waals surface area contributed by atoms with Crippen LogP contribution < -0.4 is 20.3 Å². The van der Waals surface area contributed by atoms with Crippen molar-refractivity contribution in [2.24, 2.45) is 7.05 Å². The van der Waals surface area contributed by atoms with E-state index in [-0.39, 0.29) is 5.91 Å². The van der Waals surface area contributed by atoms with Crippen molar-refractivity contribution in [3.8, 4) is 11.5 Å². The van der Waals surface area contributed by atoms with Gasteiger partial charge in [-0.3, -0.25) is 4.79 Å². The van der Waals surface area contributed by atoms with Gasteiger partial charge in [-0.05, 0) is 63.5 Å². The van der Waals surface area contributed by atoms with E-state index in [9.17, 15) is 4.79 Å². The number of ether oxygens (including phenoxy) is 2. The first-order valence-corrected chi connectivity index (χ1v) is 10.6. The first-order chi connectivity index (χ1) is 15.1. The number of amides is 1. The maximum absolute atomic E-state index is 13.1. The zero-order valence-electron chi connectivity index (χ0n) is 19.6. The van der Waals surface area contributed by atoms with Crippen LogP contribution in [-0.2, 0) is 16.4 Å². The molecule has 0 atom stereocenters. The van der Waals surface area contributed by atoms with Gasteiger partial charge in [0, 0.05) is 12.4 Å². The number of hydrogen-bond donors (Lipinski definition) is 1. The zero-order valence-corrected chi connectivity index (χ0v) is 19.6. The van der Waals surface area contributed by atoms with E-state index in [4.69, 9.17) is 18.8 Å². The largest absolute Gasteiger partial charge is 0.496 e. The maximum atomic E-state index is 13.1. The lowest BCUT2D eigenvalue weighted by molar-refractivity contribution is 0.00578. The normalized spacial score (nSPS) is 16.9. The molecule has 0 bridgehead atoms. The number of aryl methyl sites for hydroxylation is 1. The lowest BCUT2D eigenvalue weighted by Crippen LogP contribution is -2.41. The van der Waals surface area contributed by atoms with Crippen LogP contribution in [0.5, 0.6) is 11.5 Å². The first-order valence-electron chi connectivity index (χ1n) is 10.6. The Bertz CT molecular complexity index is 1170. The number of benzene rings is 2. The molecule has 1 N–H and O–H groups in total. The van der Waals surface area contributed by atoms with E-state index in [1.807, 2.05) is 75.7 Å². The van der Waals surface area contributed by atoms with Gasteiger partial charge in [0.2, 0.25) is 0 Å². The van der Waals surface area contributed by atoms with E-state index in [0.29, 0.717) is 17.1 Å². The summed E-state index contributed by atoms with van der Waals surface area (Å²) in [5.41, 5.74) is 1.95. The van der Waals surface area contributed by atoms with Gasteiger partial charge in [-0.1, -0.05) is 12.1 Å². The fourth-order valence-corrected chi connectivity index (χ4v) is 3.85. The van der Waals surface area contributed by atoms with E-state index in [1.165, 1.54) is 0 Å². The summed E-state index contributed by atoms with van der Waals surface area (Å²) in [6, 6.07) is 13.1. The molecule has 2 heterocycles. The van der Waals surface area contributed by atoms with Gasteiger partial charge in [-0.25, -0.2) is 0 Å². The van der Waals surface area contributed by atoms with Crippen molar-refractivity contribution >= 4 is 35.1 Å². The lowest BCUT2D eigenvalue weighted by Gasteiger charge is -2.32. The molecular formula is C24H29BN2O5. The fraction of sp³-hybridized carbons (Fsp3) is 0.375. The van der Waals surface area contributed by atoms with Crippen molar-refractivity contribution in [1.82, 2.24) is 4.57 Å². The van der Waals surface area contributed by atoms with Gasteiger partial charge >= 0.3 is 7.12 Å². The SMILES string of the molecule is COc1cc(B2OC(C)(C)C(C)(C)O2)ccc1NC(=O)c1cc2c(OC)cccc2n1C. The van der Waals surface area contributed by atoms with Crippen LogP contribution in [0, 0.1) is 0 Å². The molecule has 4 rings (SSSR count). The Morgan fingerprint density at radius 3 is 2.25 bits per heavy atom. The number of fused-ring (bicyclic) bond motifs is 1. The van der Waals surface area contributed by atoms with Crippen LogP contribution in [0.1, 0.15) is 38.2 Å². The number of carbonyl (C=O) groups is 1. The van der Waals surface area contributed by atoms with Gasteiger partial charge in [0.1, 0.15) is 17.2 Å². The average Bonchev–Trinajstić information content (AvgIpc) is 3.20. The molecular weight excluding hydrogens is 407 g/mol. The molecule has 1 amide bonds. The molecule has 0 saturated carbocycles. The number of aromatic nitrogens is 1. The highest BCUT2D eigenvalue weighted by atomic mass is 16.7. The van der Waals surface area contributed by atoms with Crippen LogP contribution in [0.4, 0.5) is 5.69 Å². The fourth-order valence-electron chi connectivity index (χ4n) is 3.85. The summed E-state index contributed by atoms with van der Waals surface area (Å²) in [7, 11) is 4.54. The summed E-state index contributed by atoms with van der Waals surface area (Å²) in [5.74, 6) is 1.01. The second-order valence-corrected chi connectivity index (χ2v) is 8.98. The van der Waals surface area contributed by atoms with Gasteiger partial charge in [0.15, 0.2) is 0 Å². The second kappa shape index (κ2) is 7.87. The molecule has 1 aliphatic heterocycles. The van der Waals surface area contributed by atoms with Crippen LogP contribution in [0.15, 0.2) is 42.5 Å². The molecule has 8 heteroatoms. The number of hydrogen-bond acceptors (Lipinski definition) is 5. The third-order valence-corrected chi connectivity index (χ3v) is 6.50. The van der Waals surface area contributed by atoms with Crippen LogP contribution in [-0.4, -0.2) is 43.0 Å². The number of anilines is 1. The lowest BCUT2D eigenvalue weighted by atomic mass is 9.79. The van der Waals surface area contributed by atoms with Crippen molar-refractivity contribution in [2.75, 3.05) is 19.5 Å². The Balaban J connectivity index is 1.61. The topological polar surface area (TPSA) is 70.9 Å². The van der Waals surface area contributed by atoms with E-state index < -0.39 is 18.3 Å². The molecule has 7 nitrogen and oxygen atoms in total. The third-order valence-electron chi connectivity index (χ3n) is 6.50. The molecule has 1 saturated heterocycles. The summed E-state index contributed by atoms with van der Waals surface area (Å²) in [5, 5.41) is 3.84. The van der Waals surface area contributed by atoms with Gasteiger partial charge in [0.05, 0.1) is 36.6 Å². The molecule has 0 spiro atoms. The summed E-state index contributed by atoms with van der Waals surface area (Å²) in [6.07, 6.45) is 0.